The molecule has 0 spiro atoms. The number of phenolic OH excluding ortho intramolecular Hbond substituents is 1. The number of phenols is 1. The quantitative estimate of drug-likeness (QED) is 0.369. The van der Waals surface area contributed by atoms with Gasteiger partial charge in [-0.05, 0) is 37.6 Å². The molecule has 0 aliphatic carbocycles. The van der Waals surface area contributed by atoms with Gasteiger partial charge in [0.15, 0.2) is 5.82 Å². The average molecular weight is 477 g/mol. The lowest BCUT2D eigenvalue weighted by molar-refractivity contribution is -0.137. The predicted molar refractivity (Wildman–Crippen MR) is 115 cm³/mol. The molecular formula is C22H18F3N3O4S. The van der Waals surface area contributed by atoms with Gasteiger partial charge in [-0.3, -0.25) is 9.51 Å². The standard InChI is InChI=1S/C22H18F3N3O4S/c1-3-17(31-14-8-9-15(16(29)10-14)19-27-21(30)32-28-19)18-11(2)26-20(33-18)12-4-6-13(7-5-12)22(23,24)25/h4-10,17,29H,3H2,1-2H3,(H,27,28,30). The van der Waals surface area contributed by atoms with E-state index in [1.165, 1.54) is 29.5 Å². The van der Waals surface area contributed by atoms with Crippen LogP contribution in [0.2, 0.25) is 0 Å². The molecule has 0 amide bonds. The molecule has 0 fully saturated rings. The van der Waals surface area contributed by atoms with E-state index in [-0.39, 0.29) is 23.2 Å². The molecule has 2 N–H and O–H groups in total. The number of aryl methyl sites for hydroxylation is 1. The van der Waals surface area contributed by atoms with Gasteiger partial charge in [0, 0.05) is 11.6 Å². The number of aromatic nitrogens is 3. The summed E-state index contributed by atoms with van der Waals surface area (Å²) in [5.41, 5.74) is 0.857. The fourth-order valence-electron chi connectivity index (χ4n) is 3.25. The van der Waals surface area contributed by atoms with Crippen molar-refractivity contribution in [3.8, 4) is 33.5 Å². The van der Waals surface area contributed by atoms with Crippen LogP contribution in [0.15, 0.2) is 51.8 Å². The van der Waals surface area contributed by atoms with Gasteiger partial charge in [0.1, 0.15) is 22.6 Å². The highest BCUT2D eigenvalue weighted by Gasteiger charge is 2.30. The van der Waals surface area contributed by atoms with E-state index in [0.717, 1.165) is 17.0 Å². The Hall–Kier alpha value is -3.60. The van der Waals surface area contributed by atoms with Crippen molar-refractivity contribution in [2.45, 2.75) is 32.5 Å². The Balaban J connectivity index is 1.56. The van der Waals surface area contributed by atoms with Gasteiger partial charge < -0.3 is 9.84 Å². The van der Waals surface area contributed by atoms with E-state index in [1.54, 1.807) is 12.1 Å². The maximum absolute atomic E-state index is 12.8. The van der Waals surface area contributed by atoms with E-state index < -0.39 is 17.5 Å². The van der Waals surface area contributed by atoms with E-state index >= 15 is 0 Å². The number of ether oxygens (including phenoxy) is 1. The summed E-state index contributed by atoms with van der Waals surface area (Å²) >= 11 is 1.34. The molecule has 0 saturated heterocycles. The number of halogens is 3. The largest absolute Gasteiger partial charge is 0.507 e. The number of thiazole rings is 1. The summed E-state index contributed by atoms with van der Waals surface area (Å²) in [5, 5.41) is 14.5. The molecule has 11 heteroatoms. The van der Waals surface area contributed by atoms with Crippen LogP contribution < -0.4 is 10.5 Å². The molecule has 172 valence electrons. The van der Waals surface area contributed by atoms with Crippen LogP contribution in [0.25, 0.3) is 22.0 Å². The molecule has 0 saturated carbocycles. The first-order valence-corrected chi connectivity index (χ1v) is 10.7. The number of aromatic amines is 1. The maximum atomic E-state index is 12.8. The number of benzene rings is 2. The first-order chi connectivity index (χ1) is 15.7. The molecule has 0 bridgehead atoms. The van der Waals surface area contributed by atoms with E-state index in [0.29, 0.717) is 28.4 Å². The minimum Gasteiger partial charge on any atom is -0.507 e. The second-order valence-corrected chi connectivity index (χ2v) is 8.21. The third-order valence-corrected chi connectivity index (χ3v) is 6.20. The van der Waals surface area contributed by atoms with E-state index in [2.05, 4.69) is 19.6 Å². The van der Waals surface area contributed by atoms with Crippen molar-refractivity contribution in [1.29, 1.82) is 0 Å². The van der Waals surface area contributed by atoms with Crippen LogP contribution in [0.5, 0.6) is 11.5 Å². The number of hydrogen-bond acceptors (Lipinski definition) is 7. The Labute approximate surface area is 189 Å². The molecule has 4 rings (SSSR count). The lowest BCUT2D eigenvalue weighted by Crippen LogP contribution is -2.06. The molecule has 0 radical (unpaired) electrons. The minimum atomic E-state index is -4.40. The topological polar surface area (TPSA) is 101 Å². The van der Waals surface area contributed by atoms with Crippen molar-refractivity contribution in [3.63, 3.8) is 0 Å². The Morgan fingerprint density at radius 2 is 1.94 bits per heavy atom. The summed E-state index contributed by atoms with van der Waals surface area (Å²) in [5.74, 6) is -0.410. The van der Waals surface area contributed by atoms with Crippen molar-refractivity contribution < 1.29 is 27.5 Å². The number of alkyl halides is 3. The molecule has 33 heavy (non-hydrogen) atoms. The molecule has 2 heterocycles. The number of H-pyrrole nitrogens is 1. The summed E-state index contributed by atoms with van der Waals surface area (Å²) in [7, 11) is 0. The molecule has 7 nitrogen and oxygen atoms in total. The van der Waals surface area contributed by atoms with Crippen LogP contribution in [0, 0.1) is 6.92 Å². The van der Waals surface area contributed by atoms with Gasteiger partial charge in [0.05, 0.1) is 21.7 Å². The Morgan fingerprint density at radius 1 is 1.21 bits per heavy atom. The fourth-order valence-corrected chi connectivity index (χ4v) is 4.43. The molecular weight excluding hydrogens is 459 g/mol. The summed E-state index contributed by atoms with van der Waals surface area (Å²) in [6.07, 6.45) is -4.19. The van der Waals surface area contributed by atoms with Crippen molar-refractivity contribution in [3.05, 3.63) is 69.1 Å². The summed E-state index contributed by atoms with van der Waals surface area (Å²) in [6, 6.07) is 9.43. The van der Waals surface area contributed by atoms with Crippen LogP contribution in [-0.2, 0) is 6.18 Å². The number of aromatic hydroxyl groups is 1. The lowest BCUT2D eigenvalue weighted by Gasteiger charge is -2.17. The smallest absolute Gasteiger partial charge is 0.439 e. The van der Waals surface area contributed by atoms with Gasteiger partial charge in [-0.1, -0.05) is 24.2 Å². The molecule has 2 aromatic heterocycles. The molecule has 4 aromatic rings. The van der Waals surface area contributed by atoms with Gasteiger partial charge in [0.2, 0.25) is 0 Å². The second kappa shape index (κ2) is 8.74. The van der Waals surface area contributed by atoms with Gasteiger partial charge >= 0.3 is 11.9 Å². The Kier molecular flexibility index (Phi) is 5.98. The monoisotopic (exact) mass is 477 g/mol. The third kappa shape index (κ3) is 4.77. The first kappa shape index (κ1) is 22.6. The van der Waals surface area contributed by atoms with Crippen LogP contribution in [0.3, 0.4) is 0 Å². The highest BCUT2D eigenvalue weighted by atomic mass is 32.1. The van der Waals surface area contributed by atoms with Gasteiger partial charge in [-0.15, -0.1) is 11.3 Å². The van der Waals surface area contributed by atoms with E-state index in [9.17, 15) is 23.1 Å². The van der Waals surface area contributed by atoms with Crippen LogP contribution >= 0.6 is 11.3 Å². The second-order valence-electron chi connectivity index (χ2n) is 7.18. The zero-order valence-corrected chi connectivity index (χ0v) is 18.3. The highest BCUT2D eigenvalue weighted by Crippen LogP contribution is 2.38. The minimum absolute atomic E-state index is 0.0931. The van der Waals surface area contributed by atoms with Crippen molar-refractivity contribution in [2.75, 3.05) is 0 Å². The van der Waals surface area contributed by atoms with Crippen LogP contribution in [0.4, 0.5) is 13.2 Å². The van der Waals surface area contributed by atoms with Crippen molar-refractivity contribution in [2.24, 2.45) is 0 Å². The zero-order chi connectivity index (χ0) is 23.8. The number of nitrogens with one attached hydrogen (secondary N) is 1. The summed E-state index contributed by atoms with van der Waals surface area (Å²) < 4.78 is 49.0. The Morgan fingerprint density at radius 3 is 2.52 bits per heavy atom. The van der Waals surface area contributed by atoms with Crippen LogP contribution in [-0.4, -0.2) is 20.2 Å². The normalized spacial score (nSPS) is 12.6. The van der Waals surface area contributed by atoms with Crippen LogP contribution in [0.1, 0.15) is 35.6 Å². The average Bonchev–Trinajstić information content (AvgIpc) is 3.37. The van der Waals surface area contributed by atoms with E-state index in [4.69, 9.17) is 4.74 Å². The molecule has 0 aliphatic rings. The van der Waals surface area contributed by atoms with Gasteiger partial charge in [-0.25, -0.2) is 9.78 Å². The third-order valence-electron chi connectivity index (χ3n) is 4.90. The molecule has 1 unspecified atom stereocenters. The van der Waals surface area contributed by atoms with Crippen molar-refractivity contribution in [1.82, 2.24) is 15.1 Å². The first-order valence-electron chi connectivity index (χ1n) is 9.86. The maximum Gasteiger partial charge on any atom is 0.439 e. The summed E-state index contributed by atoms with van der Waals surface area (Å²) in [6.45, 7) is 3.74. The predicted octanol–water partition coefficient (Wildman–Crippen LogP) is 5.72. The Bertz CT molecular complexity index is 1330. The zero-order valence-electron chi connectivity index (χ0n) is 17.4. The fraction of sp³-hybridized carbons (Fsp3) is 0.227. The SMILES string of the molecule is CCC(Oc1ccc(-c2noc(=O)[nH]2)c(O)c1)c1sc(-c2ccc(C(F)(F)F)cc2)nc1C. The number of hydrogen-bond donors (Lipinski definition) is 2. The molecule has 2 aromatic carbocycles. The molecule has 1 atom stereocenters. The number of rotatable bonds is 6. The van der Waals surface area contributed by atoms with E-state index in [1.807, 2.05) is 13.8 Å². The lowest BCUT2D eigenvalue weighted by atomic mass is 10.1. The van der Waals surface area contributed by atoms with Crippen molar-refractivity contribution >= 4 is 11.3 Å². The number of nitrogens with zero attached hydrogens (tertiary/aromatic N) is 2. The highest BCUT2D eigenvalue weighted by molar-refractivity contribution is 7.15. The van der Waals surface area contributed by atoms with Gasteiger partial charge in [-0.2, -0.15) is 13.2 Å². The summed E-state index contributed by atoms with van der Waals surface area (Å²) in [4.78, 5) is 18.8. The van der Waals surface area contributed by atoms with Gasteiger partial charge in [0.25, 0.3) is 0 Å². The molecule has 0 aliphatic heterocycles.